The first kappa shape index (κ1) is 8.39. The van der Waals surface area contributed by atoms with Crippen molar-refractivity contribution in [3.8, 4) is 6.19 Å². The van der Waals surface area contributed by atoms with E-state index in [4.69, 9.17) is 5.26 Å². The molecule has 0 aromatic rings. The third kappa shape index (κ3) is 1.09. The standard InChI is InChI=1S/C9H16N2/c1-8(2,3)9(5-6-9)11(4)7-10/h5-6H2,1-4H3. The maximum absolute atomic E-state index is 8.75. The van der Waals surface area contributed by atoms with Gasteiger partial charge in [0, 0.05) is 7.05 Å². The minimum Gasteiger partial charge on any atom is -0.307 e. The predicted octanol–water partition coefficient (Wildman–Crippen LogP) is 1.98. The molecule has 0 aliphatic heterocycles. The van der Waals surface area contributed by atoms with Crippen molar-refractivity contribution in [2.75, 3.05) is 7.05 Å². The van der Waals surface area contributed by atoms with Crippen LogP contribution < -0.4 is 0 Å². The Labute approximate surface area is 68.8 Å². The highest BCUT2D eigenvalue weighted by Crippen LogP contribution is 2.53. The number of hydrogen-bond acceptors (Lipinski definition) is 2. The van der Waals surface area contributed by atoms with Crippen LogP contribution in [0.2, 0.25) is 0 Å². The van der Waals surface area contributed by atoms with Gasteiger partial charge in [-0.3, -0.25) is 0 Å². The van der Waals surface area contributed by atoms with Gasteiger partial charge in [0.1, 0.15) is 0 Å². The summed E-state index contributed by atoms with van der Waals surface area (Å²) in [6.45, 7) is 6.61. The number of hydrogen-bond donors (Lipinski definition) is 0. The zero-order chi connectivity index (χ0) is 8.70. The summed E-state index contributed by atoms with van der Waals surface area (Å²) in [5.74, 6) is 0. The highest BCUT2D eigenvalue weighted by Gasteiger charge is 2.55. The van der Waals surface area contributed by atoms with Crippen LogP contribution in [0.3, 0.4) is 0 Å². The van der Waals surface area contributed by atoms with Crippen molar-refractivity contribution in [2.45, 2.75) is 39.2 Å². The van der Waals surface area contributed by atoms with Gasteiger partial charge in [-0.15, -0.1) is 0 Å². The SMILES string of the molecule is CN(C#N)C1(C(C)(C)C)CC1. The number of rotatable bonds is 1. The monoisotopic (exact) mass is 152 g/mol. The van der Waals surface area contributed by atoms with E-state index in [0.717, 1.165) is 0 Å². The normalized spacial score (nSPS) is 20.6. The second kappa shape index (κ2) is 2.14. The average Bonchev–Trinajstić information content (AvgIpc) is 2.63. The lowest BCUT2D eigenvalue weighted by Crippen LogP contribution is -2.41. The Hall–Kier alpha value is -0.710. The first-order valence-corrected chi connectivity index (χ1v) is 4.08. The van der Waals surface area contributed by atoms with Gasteiger partial charge in [-0.25, -0.2) is 0 Å². The van der Waals surface area contributed by atoms with Crippen molar-refractivity contribution in [3.63, 3.8) is 0 Å². The fourth-order valence-corrected chi connectivity index (χ4v) is 1.80. The lowest BCUT2D eigenvalue weighted by Gasteiger charge is -2.35. The molecule has 0 unspecified atom stereocenters. The maximum Gasteiger partial charge on any atom is 0.179 e. The van der Waals surface area contributed by atoms with Gasteiger partial charge >= 0.3 is 0 Å². The molecule has 1 aliphatic rings. The molecule has 1 saturated carbocycles. The molecule has 0 N–H and O–H groups in total. The van der Waals surface area contributed by atoms with E-state index in [0.29, 0.717) is 0 Å². The van der Waals surface area contributed by atoms with Crippen LogP contribution in [-0.4, -0.2) is 17.5 Å². The molecule has 0 radical (unpaired) electrons. The molecular weight excluding hydrogens is 136 g/mol. The Balaban J connectivity index is 2.78. The zero-order valence-electron chi connectivity index (χ0n) is 7.81. The van der Waals surface area contributed by atoms with Gasteiger partial charge in [-0.05, 0) is 18.3 Å². The van der Waals surface area contributed by atoms with Crippen LogP contribution in [0.1, 0.15) is 33.6 Å². The molecule has 0 amide bonds. The molecule has 0 spiro atoms. The van der Waals surface area contributed by atoms with Crippen LogP contribution in [0.25, 0.3) is 0 Å². The number of nitrogens with zero attached hydrogens (tertiary/aromatic N) is 2. The summed E-state index contributed by atoms with van der Waals surface area (Å²) < 4.78 is 0. The van der Waals surface area contributed by atoms with E-state index in [1.54, 1.807) is 0 Å². The maximum atomic E-state index is 8.75. The molecule has 1 fully saturated rings. The first-order valence-electron chi connectivity index (χ1n) is 4.08. The lowest BCUT2D eigenvalue weighted by atomic mass is 9.83. The fraction of sp³-hybridized carbons (Fsp3) is 0.889. The van der Waals surface area contributed by atoms with Gasteiger partial charge in [-0.1, -0.05) is 20.8 Å². The second-order valence-electron chi connectivity index (χ2n) is 4.44. The third-order valence-electron chi connectivity index (χ3n) is 2.91. The summed E-state index contributed by atoms with van der Waals surface area (Å²) in [6.07, 6.45) is 4.54. The van der Waals surface area contributed by atoms with Crippen molar-refractivity contribution < 1.29 is 0 Å². The predicted molar refractivity (Wildman–Crippen MR) is 44.8 cm³/mol. The Bertz CT molecular complexity index is 191. The van der Waals surface area contributed by atoms with Crippen molar-refractivity contribution in [2.24, 2.45) is 5.41 Å². The van der Waals surface area contributed by atoms with Crippen LogP contribution in [-0.2, 0) is 0 Å². The molecule has 1 aliphatic carbocycles. The van der Waals surface area contributed by atoms with E-state index in [1.807, 2.05) is 11.9 Å². The van der Waals surface area contributed by atoms with Gasteiger partial charge in [0.2, 0.25) is 0 Å². The molecule has 2 nitrogen and oxygen atoms in total. The molecule has 0 saturated heterocycles. The topological polar surface area (TPSA) is 27.0 Å². The molecule has 62 valence electrons. The summed E-state index contributed by atoms with van der Waals surface area (Å²) >= 11 is 0. The van der Waals surface area contributed by atoms with Crippen LogP contribution in [0, 0.1) is 16.9 Å². The van der Waals surface area contributed by atoms with Crippen LogP contribution in [0.15, 0.2) is 0 Å². The summed E-state index contributed by atoms with van der Waals surface area (Å²) in [4.78, 5) is 1.81. The Morgan fingerprint density at radius 2 is 1.82 bits per heavy atom. The van der Waals surface area contributed by atoms with Gasteiger partial charge in [0.15, 0.2) is 6.19 Å². The molecule has 0 atom stereocenters. The van der Waals surface area contributed by atoms with E-state index in [2.05, 4.69) is 27.0 Å². The molecule has 11 heavy (non-hydrogen) atoms. The van der Waals surface area contributed by atoms with Gasteiger partial charge in [0.25, 0.3) is 0 Å². The molecule has 0 heterocycles. The quantitative estimate of drug-likeness (QED) is 0.424. The van der Waals surface area contributed by atoms with E-state index in [-0.39, 0.29) is 11.0 Å². The van der Waals surface area contributed by atoms with Crippen molar-refractivity contribution in [1.82, 2.24) is 4.90 Å². The van der Waals surface area contributed by atoms with E-state index < -0.39 is 0 Å². The minimum absolute atomic E-state index is 0.168. The minimum atomic E-state index is 0.168. The molecule has 2 heteroatoms. The largest absolute Gasteiger partial charge is 0.307 e. The van der Waals surface area contributed by atoms with Gasteiger partial charge in [-0.2, -0.15) is 5.26 Å². The van der Waals surface area contributed by atoms with Crippen molar-refractivity contribution >= 4 is 0 Å². The molecule has 1 rings (SSSR count). The van der Waals surface area contributed by atoms with Crippen molar-refractivity contribution in [1.29, 1.82) is 5.26 Å². The van der Waals surface area contributed by atoms with E-state index >= 15 is 0 Å². The molecular formula is C9H16N2. The molecule has 0 bridgehead atoms. The lowest BCUT2D eigenvalue weighted by molar-refractivity contribution is 0.155. The third-order valence-corrected chi connectivity index (χ3v) is 2.91. The van der Waals surface area contributed by atoms with Crippen LogP contribution >= 0.6 is 0 Å². The summed E-state index contributed by atoms with van der Waals surface area (Å²) in [6, 6.07) is 0. The van der Waals surface area contributed by atoms with Gasteiger partial charge < -0.3 is 4.90 Å². The zero-order valence-corrected chi connectivity index (χ0v) is 7.81. The van der Waals surface area contributed by atoms with Crippen LogP contribution in [0.4, 0.5) is 0 Å². The summed E-state index contributed by atoms with van der Waals surface area (Å²) in [7, 11) is 1.89. The highest BCUT2D eigenvalue weighted by atomic mass is 15.2. The second-order valence-corrected chi connectivity index (χ2v) is 4.44. The Morgan fingerprint density at radius 1 is 1.36 bits per heavy atom. The van der Waals surface area contributed by atoms with E-state index in [1.165, 1.54) is 12.8 Å². The number of nitriles is 1. The Kier molecular flexibility index (Phi) is 1.63. The smallest absolute Gasteiger partial charge is 0.179 e. The molecule has 0 aromatic carbocycles. The summed E-state index contributed by atoms with van der Waals surface area (Å²) in [5, 5.41) is 8.75. The van der Waals surface area contributed by atoms with Gasteiger partial charge in [0.05, 0.1) is 5.54 Å². The highest BCUT2D eigenvalue weighted by molar-refractivity contribution is 5.13. The summed E-state index contributed by atoms with van der Waals surface area (Å²) in [5.41, 5.74) is 0.402. The molecule has 0 aromatic heterocycles. The Morgan fingerprint density at radius 3 is 1.91 bits per heavy atom. The fourth-order valence-electron chi connectivity index (χ4n) is 1.80. The van der Waals surface area contributed by atoms with E-state index in [9.17, 15) is 0 Å². The first-order chi connectivity index (χ1) is 4.94. The van der Waals surface area contributed by atoms with Crippen LogP contribution in [0.5, 0.6) is 0 Å². The average molecular weight is 152 g/mol. The van der Waals surface area contributed by atoms with Crippen molar-refractivity contribution in [3.05, 3.63) is 0 Å².